The zero-order valence-electron chi connectivity index (χ0n) is 13.7. The number of hydrogen-bond acceptors (Lipinski definition) is 4. The van der Waals surface area contributed by atoms with Gasteiger partial charge in [-0.05, 0) is 25.7 Å². The molecule has 0 unspecified atom stereocenters. The summed E-state index contributed by atoms with van der Waals surface area (Å²) in [6.45, 7) is 2.14. The van der Waals surface area contributed by atoms with Crippen LogP contribution < -0.4 is 10.6 Å². The Morgan fingerprint density at radius 1 is 1.25 bits per heavy atom. The van der Waals surface area contributed by atoms with E-state index in [2.05, 4.69) is 10.6 Å². The van der Waals surface area contributed by atoms with Crippen molar-refractivity contribution in [3.05, 3.63) is 48.0 Å². The average molecular weight is 330 g/mol. The van der Waals surface area contributed by atoms with Crippen molar-refractivity contribution >= 4 is 17.9 Å². The monoisotopic (exact) mass is 330 g/mol. The molecule has 2 N–H and O–H groups in total. The lowest BCUT2D eigenvalue weighted by Gasteiger charge is -2.18. The number of urea groups is 1. The smallest absolute Gasteiger partial charge is 0.321 e. The van der Waals surface area contributed by atoms with Gasteiger partial charge in [0.05, 0.1) is 6.42 Å². The largest absolute Gasteiger partial charge is 0.447 e. The number of ether oxygens (including phenoxy) is 1. The zero-order valence-corrected chi connectivity index (χ0v) is 13.7. The van der Waals surface area contributed by atoms with Crippen LogP contribution in [0.4, 0.5) is 4.79 Å². The van der Waals surface area contributed by atoms with E-state index in [1.165, 1.54) is 0 Å². The van der Waals surface area contributed by atoms with Gasteiger partial charge in [-0.1, -0.05) is 42.5 Å². The van der Waals surface area contributed by atoms with Gasteiger partial charge in [-0.15, -0.1) is 0 Å². The average Bonchev–Trinajstić information content (AvgIpc) is 3.06. The molecule has 2 rings (SSSR count). The summed E-state index contributed by atoms with van der Waals surface area (Å²) in [4.78, 5) is 36.1. The second kappa shape index (κ2) is 8.86. The molecule has 0 fully saturated rings. The molecule has 24 heavy (non-hydrogen) atoms. The molecule has 0 saturated heterocycles. The Bertz CT molecular complexity index is 613. The number of nitrogens with one attached hydrogen (secondary N) is 2. The molecule has 0 aliphatic heterocycles. The normalized spacial score (nSPS) is 17.1. The van der Waals surface area contributed by atoms with E-state index in [0.717, 1.165) is 12.8 Å². The van der Waals surface area contributed by atoms with Gasteiger partial charge >= 0.3 is 12.0 Å². The van der Waals surface area contributed by atoms with Crippen LogP contribution in [-0.2, 0) is 14.3 Å². The molecule has 0 saturated carbocycles. The van der Waals surface area contributed by atoms with Crippen LogP contribution in [0.2, 0.25) is 0 Å². The summed E-state index contributed by atoms with van der Waals surface area (Å²) in [6.07, 6.45) is 4.98. The van der Waals surface area contributed by atoms with Gasteiger partial charge in [0.25, 0.3) is 5.91 Å². The highest BCUT2D eigenvalue weighted by atomic mass is 16.5. The van der Waals surface area contributed by atoms with Gasteiger partial charge in [0.2, 0.25) is 6.10 Å². The Kier molecular flexibility index (Phi) is 6.54. The maximum absolute atomic E-state index is 12.3. The van der Waals surface area contributed by atoms with Crippen LogP contribution >= 0.6 is 0 Å². The van der Waals surface area contributed by atoms with Crippen LogP contribution in [0.5, 0.6) is 0 Å². The second-order valence-corrected chi connectivity index (χ2v) is 5.60. The Labute approximate surface area is 141 Å². The molecule has 0 radical (unpaired) electrons. The van der Waals surface area contributed by atoms with Crippen molar-refractivity contribution in [1.29, 1.82) is 0 Å². The van der Waals surface area contributed by atoms with E-state index in [1.807, 2.05) is 12.2 Å². The Balaban J connectivity index is 2.05. The van der Waals surface area contributed by atoms with Gasteiger partial charge < -0.3 is 10.1 Å². The third-order valence-corrected chi connectivity index (χ3v) is 3.71. The van der Waals surface area contributed by atoms with Gasteiger partial charge in [0, 0.05) is 12.1 Å². The van der Waals surface area contributed by atoms with Gasteiger partial charge in [0.15, 0.2) is 0 Å². The molecule has 0 heterocycles. The van der Waals surface area contributed by atoms with Crippen molar-refractivity contribution in [3.8, 4) is 0 Å². The van der Waals surface area contributed by atoms with E-state index in [4.69, 9.17) is 4.74 Å². The van der Waals surface area contributed by atoms with E-state index in [9.17, 15) is 14.4 Å². The standard InChI is InChI=1S/C18H22N2O4/c1-2-19-18(23)20-17(22)16(14-10-4-3-5-11-14)24-15(21)12-13-8-6-7-9-13/h3-6,8,10-11,13,16H,2,7,9,12H2,1H3,(H2,19,20,22,23)/t13-,16+/m0/s1. The molecule has 6 heteroatoms. The number of allylic oxidation sites excluding steroid dienone is 2. The lowest BCUT2D eigenvalue weighted by molar-refractivity contribution is -0.156. The van der Waals surface area contributed by atoms with Gasteiger partial charge in [-0.25, -0.2) is 4.79 Å². The number of carbonyl (C=O) groups is 3. The van der Waals surface area contributed by atoms with E-state index in [1.54, 1.807) is 37.3 Å². The first-order valence-electron chi connectivity index (χ1n) is 8.10. The molecule has 6 nitrogen and oxygen atoms in total. The molecule has 1 aliphatic rings. The van der Waals surface area contributed by atoms with E-state index in [0.29, 0.717) is 12.1 Å². The van der Waals surface area contributed by atoms with Crippen molar-refractivity contribution in [1.82, 2.24) is 10.6 Å². The molecular formula is C18H22N2O4. The van der Waals surface area contributed by atoms with Gasteiger partial charge in [-0.3, -0.25) is 14.9 Å². The van der Waals surface area contributed by atoms with Crippen molar-refractivity contribution in [3.63, 3.8) is 0 Å². The summed E-state index contributed by atoms with van der Waals surface area (Å²) >= 11 is 0. The fraction of sp³-hybridized carbons (Fsp3) is 0.389. The number of rotatable bonds is 6. The number of carbonyl (C=O) groups excluding carboxylic acids is 3. The topological polar surface area (TPSA) is 84.5 Å². The van der Waals surface area contributed by atoms with Crippen LogP contribution in [0.3, 0.4) is 0 Å². The number of benzene rings is 1. The van der Waals surface area contributed by atoms with E-state index < -0.39 is 24.0 Å². The van der Waals surface area contributed by atoms with Crippen LogP contribution in [0.1, 0.15) is 37.9 Å². The summed E-state index contributed by atoms with van der Waals surface area (Å²) in [6, 6.07) is 8.05. The van der Waals surface area contributed by atoms with Crippen LogP contribution in [-0.4, -0.2) is 24.5 Å². The summed E-state index contributed by atoms with van der Waals surface area (Å²) in [5, 5.41) is 4.67. The lowest BCUT2D eigenvalue weighted by Crippen LogP contribution is -2.42. The summed E-state index contributed by atoms with van der Waals surface area (Å²) in [5.74, 6) is -0.964. The molecule has 1 aromatic carbocycles. The van der Waals surface area contributed by atoms with Crippen LogP contribution in [0.25, 0.3) is 0 Å². The minimum atomic E-state index is -1.15. The second-order valence-electron chi connectivity index (χ2n) is 5.60. The summed E-state index contributed by atoms with van der Waals surface area (Å²) < 4.78 is 5.37. The summed E-state index contributed by atoms with van der Waals surface area (Å²) in [5.41, 5.74) is 0.523. The minimum absolute atomic E-state index is 0.153. The lowest BCUT2D eigenvalue weighted by atomic mass is 10.1. The molecule has 0 spiro atoms. The first-order chi connectivity index (χ1) is 11.6. The Morgan fingerprint density at radius 2 is 2.00 bits per heavy atom. The van der Waals surface area contributed by atoms with E-state index in [-0.39, 0.29) is 12.3 Å². The first kappa shape index (κ1) is 17.7. The van der Waals surface area contributed by atoms with E-state index >= 15 is 0 Å². The molecule has 1 aromatic rings. The van der Waals surface area contributed by atoms with Gasteiger partial charge in [-0.2, -0.15) is 0 Å². The zero-order chi connectivity index (χ0) is 17.4. The third-order valence-electron chi connectivity index (χ3n) is 3.71. The maximum Gasteiger partial charge on any atom is 0.321 e. The minimum Gasteiger partial charge on any atom is -0.447 e. The number of hydrogen-bond donors (Lipinski definition) is 2. The van der Waals surface area contributed by atoms with Crippen molar-refractivity contribution in [2.24, 2.45) is 5.92 Å². The fourth-order valence-electron chi connectivity index (χ4n) is 2.54. The molecule has 2 atom stereocenters. The Morgan fingerprint density at radius 3 is 2.62 bits per heavy atom. The highest BCUT2D eigenvalue weighted by Crippen LogP contribution is 2.24. The Hall–Kier alpha value is -2.63. The maximum atomic E-state index is 12.3. The molecule has 3 amide bonds. The van der Waals surface area contributed by atoms with Gasteiger partial charge in [0.1, 0.15) is 0 Å². The predicted octanol–water partition coefficient (Wildman–Crippen LogP) is 2.47. The molecule has 0 aromatic heterocycles. The van der Waals surface area contributed by atoms with Crippen molar-refractivity contribution in [2.45, 2.75) is 32.3 Å². The van der Waals surface area contributed by atoms with Crippen LogP contribution in [0.15, 0.2) is 42.5 Å². The summed E-state index contributed by atoms with van der Waals surface area (Å²) in [7, 11) is 0. The molecule has 0 bridgehead atoms. The molecular weight excluding hydrogens is 308 g/mol. The first-order valence-corrected chi connectivity index (χ1v) is 8.10. The molecule has 128 valence electrons. The molecule has 1 aliphatic carbocycles. The third kappa shape index (κ3) is 5.22. The highest BCUT2D eigenvalue weighted by Gasteiger charge is 2.27. The number of amides is 3. The van der Waals surface area contributed by atoms with Crippen LogP contribution in [0, 0.1) is 5.92 Å². The van der Waals surface area contributed by atoms with Crippen molar-refractivity contribution < 1.29 is 19.1 Å². The number of esters is 1. The number of imide groups is 1. The fourth-order valence-corrected chi connectivity index (χ4v) is 2.54. The SMILES string of the molecule is CCNC(=O)NC(=O)[C@H](OC(=O)C[C@H]1C=CCC1)c1ccccc1. The highest BCUT2D eigenvalue weighted by molar-refractivity contribution is 5.97. The quantitative estimate of drug-likeness (QED) is 0.620. The predicted molar refractivity (Wildman–Crippen MR) is 89.0 cm³/mol. The van der Waals surface area contributed by atoms with Crippen molar-refractivity contribution in [2.75, 3.05) is 6.54 Å².